The number of nitrogens with two attached hydrogens (primary N) is 1. The zero-order valence-corrected chi connectivity index (χ0v) is 12.3. The normalized spacial score (nSPS) is 17.3. The van der Waals surface area contributed by atoms with Crippen molar-refractivity contribution < 1.29 is 0 Å². The molecule has 4 N–H and O–H groups in total. The first-order valence-electron chi connectivity index (χ1n) is 7.33. The third kappa shape index (κ3) is 2.89. The molecule has 1 aromatic heterocycles. The van der Waals surface area contributed by atoms with Gasteiger partial charge in [-0.25, -0.2) is 4.79 Å². The summed E-state index contributed by atoms with van der Waals surface area (Å²) >= 11 is 0. The Morgan fingerprint density at radius 2 is 2.00 bits per heavy atom. The predicted molar refractivity (Wildman–Crippen MR) is 81.1 cm³/mol. The molecule has 0 unspecified atom stereocenters. The molecule has 1 fully saturated rings. The number of hydrogen-bond donors (Lipinski definition) is 3. The second-order valence-electron chi connectivity index (χ2n) is 6.04. The Bertz CT molecular complexity index is 582. The van der Waals surface area contributed by atoms with E-state index in [1.165, 1.54) is 17.4 Å². The van der Waals surface area contributed by atoms with Crippen molar-refractivity contribution in [3.8, 4) is 0 Å². The molecule has 1 aliphatic rings. The molecule has 112 valence electrons. The summed E-state index contributed by atoms with van der Waals surface area (Å²) < 4.78 is 1.42. The minimum atomic E-state index is -0.438. The molecule has 6 heteroatoms. The topological polar surface area (TPSA) is 92.9 Å². The number of nitrogens with zero attached hydrogens (tertiary/aromatic N) is 1. The largest absolute Gasteiger partial charge is 0.383 e. The van der Waals surface area contributed by atoms with E-state index in [2.05, 4.69) is 17.2 Å². The molecule has 0 atom stereocenters. The highest BCUT2D eigenvalue weighted by Crippen LogP contribution is 2.37. The average molecular weight is 280 g/mol. The van der Waals surface area contributed by atoms with Gasteiger partial charge in [-0.05, 0) is 24.7 Å². The number of anilines is 2. The van der Waals surface area contributed by atoms with Gasteiger partial charge in [0, 0.05) is 13.1 Å². The summed E-state index contributed by atoms with van der Waals surface area (Å²) in [5, 5.41) is 3.16. The fourth-order valence-electron chi connectivity index (χ4n) is 2.91. The number of hydrogen-bond acceptors (Lipinski definition) is 4. The molecule has 2 rings (SSSR count). The lowest BCUT2D eigenvalue weighted by Gasteiger charge is -2.24. The molecule has 0 aromatic carbocycles. The van der Waals surface area contributed by atoms with Crippen LogP contribution in [-0.4, -0.2) is 16.1 Å². The van der Waals surface area contributed by atoms with Crippen LogP contribution in [-0.2, 0) is 6.54 Å². The van der Waals surface area contributed by atoms with Crippen molar-refractivity contribution in [2.45, 2.75) is 52.5 Å². The average Bonchev–Trinajstić information content (AvgIpc) is 2.81. The van der Waals surface area contributed by atoms with E-state index in [1.54, 1.807) is 0 Å². The molecule has 1 saturated carbocycles. The second kappa shape index (κ2) is 5.73. The Labute approximate surface area is 118 Å². The van der Waals surface area contributed by atoms with E-state index in [1.807, 2.05) is 6.92 Å². The fraction of sp³-hybridized carbons (Fsp3) is 0.714. The SMILES string of the molecule is CCCn1c(N)c(NCC2(C)CCCC2)c(=O)[nH]c1=O. The van der Waals surface area contributed by atoms with Gasteiger partial charge in [0.2, 0.25) is 0 Å². The Balaban J connectivity index is 2.25. The number of nitrogens with one attached hydrogen (secondary N) is 2. The molecule has 1 aliphatic carbocycles. The summed E-state index contributed by atoms with van der Waals surface area (Å²) in [5.74, 6) is 0.238. The molecule has 6 nitrogen and oxygen atoms in total. The summed E-state index contributed by atoms with van der Waals surface area (Å²) in [4.78, 5) is 26.0. The highest BCUT2D eigenvalue weighted by molar-refractivity contribution is 5.60. The van der Waals surface area contributed by atoms with Gasteiger partial charge < -0.3 is 11.1 Å². The maximum Gasteiger partial charge on any atom is 0.330 e. The van der Waals surface area contributed by atoms with E-state index in [0.717, 1.165) is 19.3 Å². The van der Waals surface area contributed by atoms with Crippen LogP contribution in [0.4, 0.5) is 11.5 Å². The maximum atomic E-state index is 11.9. The molecule has 0 radical (unpaired) electrons. The minimum Gasteiger partial charge on any atom is -0.383 e. The van der Waals surface area contributed by atoms with Gasteiger partial charge in [0.25, 0.3) is 5.56 Å². The van der Waals surface area contributed by atoms with Crippen LogP contribution >= 0.6 is 0 Å². The quantitative estimate of drug-likeness (QED) is 0.762. The van der Waals surface area contributed by atoms with Gasteiger partial charge in [0.05, 0.1) is 0 Å². The van der Waals surface area contributed by atoms with Gasteiger partial charge in [-0.2, -0.15) is 0 Å². The number of H-pyrrole nitrogens is 1. The first-order valence-corrected chi connectivity index (χ1v) is 7.33. The van der Waals surface area contributed by atoms with E-state index in [9.17, 15) is 9.59 Å². The minimum absolute atomic E-state index is 0.213. The van der Waals surface area contributed by atoms with E-state index in [-0.39, 0.29) is 11.2 Å². The Hall–Kier alpha value is -1.72. The lowest BCUT2D eigenvalue weighted by Crippen LogP contribution is -2.35. The van der Waals surface area contributed by atoms with Gasteiger partial charge in [0.1, 0.15) is 11.5 Å². The fourth-order valence-corrected chi connectivity index (χ4v) is 2.91. The highest BCUT2D eigenvalue weighted by Gasteiger charge is 2.28. The van der Waals surface area contributed by atoms with Crippen molar-refractivity contribution in [1.29, 1.82) is 0 Å². The van der Waals surface area contributed by atoms with Crippen LogP contribution in [0.5, 0.6) is 0 Å². The summed E-state index contributed by atoms with van der Waals surface area (Å²) in [6, 6.07) is 0. The van der Waals surface area contributed by atoms with Crippen LogP contribution in [0, 0.1) is 5.41 Å². The zero-order valence-electron chi connectivity index (χ0n) is 12.3. The van der Waals surface area contributed by atoms with Crippen LogP contribution in [0.1, 0.15) is 46.0 Å². The highest BCUT2D eigenvalue weighted by atomic mass is 16.2. The number of rotatable bonds is 5. The summed E-state index contributed by atoms with van der Waals surface area (Å²) in [5.41, 5.74) is 5.65. The van der Waals surface area contributed by atoms with Crippen LogP contribution in [0.25, 0.3) is 0 Å². The van der Waals surface area contributed by atoms with E-state index in [0.29, 0.717) is 18.8 Å². The standard InChI is InChI=1S/C14H24N4O2/c1-3-8-18-11(15)10(12(19)17-13(18)20)16-9-14(2)6-4-5-7-14/h16H,3-9,15H2,1-2H3,(H,17,19,20). The van der Waals surface area contributed by atoms with E-state index < -0.39 is 11.2 Å². The summed E-state index contributed by atoms with van der Waals surface area (Å²) in [6.45, 7) is 5.40. The lowest BCUT2D eigenvalue weighted by atomic mass is 9.89. The Morgan fingerprint density at radius 3 is 2.60 bits per heavy atom. The van der Waals surface area contributed by atoms with Crippen molar-refractivity contribution in [3.05, 3.63) is 20.8 Å². The van der Waals surface area contributed by atoms with Gasteiger partial charge >= 0.3 is 5.69 Å². The Morgan fingerprint density at radius 1 is 1.35 bits per heavy atom. The molecule has 0 amide bonds. The smallest absolute Gasteiger partial charge is 0.330 e. The van der Waals surface area contributed by atoms with Crippen LogP contribution in [0.15, 0.2) is 9.59 Å². The summed E-state index contributed by atoms with van der Waals surface area (Å²) in [6.07, 6.45) is 5.57. The predicted octanol–water partition coefficient (Wildman–Crippen LogP) is 1.52. The first kappa shape index (κ1) is 14.7. The monoisotopic (exact) mass is 280 g/mol. The van der Waals surface area contributed by atoms with Gasteiger partial charge in [0.15, 0.2) is 0 Å². The Kier molecular flexibility index (Phi) is 4.20. The van der Waals surface area contributed by atoms with Crippen LogP contribution in [0.3, 0.4) is 0 Å². The molecule has 0 spiro atoms. The lowest BCUT2D eigenvalue weighted by molar-refractivity contribution is 0.362. The van der Waals surface area contributed by atoms with Crippen LogP contribution in [0.2, 0.25) is 0 Å². The molecular weight excluding hydrogens is 256 g/mol. The van der Waals surface area contributed by atoms with Crippen molar-refractivity contribution in [1.82, 2.24) is 9.55 Å². The molecule has 0 bridgehead atoms. The molecule has 0 aliphatic heterocycles. The molecule has 0 saturated heterocycles. The van der Waals surface area contributed by atoms with Crippen molar-refractivity contribution in [3.63, 3.8) is 0 Å². The van der Waals surface area contributed by atoms with Gasteiger partial charge in [-0.15, -0.1) is 0 Å². The van der Waals surface area contributed by atoms with Gasteiger partial charge in [-0.1, -0.05) is 26.7 Å². The summed E-state index contributed by atoms with van der Waals surface area (Å²) in [7, 11) is 0. The molecule has 1 heterocycles. The third-order valence-corrected chi connectivity index (χ3v) is 4.19. The molecular formula is C14H24N4O2. The van der Waals surface area contributed by atoms with Crippen molar-refractivity contribution >= 4 is 11.5 Å². The first-order chi connectivity index (χ1) is 9.47. The van der Waals surface area contributed by atoms with E-state index >= 15 is 0 Å². The number of aromatic nitrogens is 2. The molecule has 1 aromatic rings. The maximum absolute atomic E-state index is 11.9. The van der Waals surface area contributed by atoms with Crippen molar-refractivity contribution in [2.24, 2.45) is 5.41 Å². The van der Waals surface area contributed by atoms with Gasteiger partial charge in [-0.3, -0.25) is 14.3 Å². The third-order valence-electron chi connectivity index (χ3n) is 4.19. The van der Waals surface area contributed by atoms with Crippen molar-refractivity contribution in [2.75, 3.05) is 17.6 Å². The number of nitrogen functional groups attached to an aromatic ring is 1. The van der Waals surface area contributed by atoms with E-state index in [4.69, 9.17) is 5.73 Å². The second-order valence-corrected chi connectivity index (χ2v) is 6.04. The number of aromatic amines is 1. The zero-order chi connectivity index (χ0) is 14.8. The molecule has 20 heavy (non-hydrogen) atoms. The van der Waals surface area contributed by atoms with Crippen LogP contribution < -0.4 is 22.3 Å².